The molecule has 12 nitrogen and oxygen atoms in total. The molecule has 2 atom stereocenters. The zero-order chi connectivity index (χ0) is 32.4. The fourth-order valence-corrected chi connectivity index (χ4v) is 7.16. The molecule has 2 fully saturated rings. The van der Waals surface area contributed by atoms with Crippen molar-refractivity contribution in [1.82, 2.24) is 18.9 Å². The second kappa shape index (κ2) is 13.6. The van der Waals surface area contributed by atoms with Crippen LogP contribution in [0.4, 0.5) is 11.4 Å². The Morgan fingerprint density at radius 1 is 1.07 bits per heavy atom. The Balaban J connectivity index is 1.04. The largest absolute Gasteiger partial charge is 0.493 e. The summed E-state index contributed by atoms with van der Waals surface area (Å²) >= 11 is 1.85. The van der Waals surface area contributed by atoms with E-state index in [-0.39, 0.29) is 29.8 Å². The number of thioether (sulfide) groups is 1. The highest BCUT2D eigenvalue weighted by atomic mass is 32.2. The highest BCUT2D eigenvalue weighted by molar-refractivity contribution is 7.99. The van der Waals surface area contributed by atoms with Crippen LogP contribution in [0.5, 0.6) is 11.5 Å². The molecule has 5 heterocycles. The van der Waals surface area contributed by atoms with Crippen LogP contribution in [-0.4, -0.2) is 93.8 Å². The number of nitrogens with two attached hydrogens (primary N) is 1. The van der Waals surface area contributed by atoms with Crippen molar-refractivity contribution in [3.05, 3.63) is 59.2 Å². The van der Waals surface area contributed by atoms with E-state index in [0.717, 1.165) is 49.5 Å². The van der Waals surface area contributed by atoms with E-state index in [2.05, 4.69) is 10.3 Å². The topological polar surface area (TPSA) is 136 Å². The molecule has 3 aromatic rings. The van der Waals surface area contributed by atoms with Gasteiger partial charge in [0, 0.05) is 76.0 Å². The molecule has 3 amide bonds. The van der Waals surface area contributed by atoms with Gasteiger partial charge >= 0.3 is 0 Å². The fraction of sp³-hybridized carbons (Fsp3) is 0.455. The number of carbonyl (C=O) groups excluding carboxylic acids is 3. The van der Waals surface area contributed by atoms with E-state index in [9.17, 15) is 14.4 Å². The lowest BCUT2D eigenvalue weighted by Crippen LogP contribution is -2.38. The summed E-state index contributed by atoms with van der Waals surface area (Å²) in [5.74, 6) is 2.56. The number of aryl methyl sites for hydroxylation is 2. The summed E-state index contributed by atoms with van der Waals surface area (Å²) in [4.78, 5) is 47.6. The third kappa shape index (κ3) is 6.52. The predicted molar refractivity (Wildman–Crippen MR) is 179 cm³/mol. The minimum absolute atomic E-state index is 0.0242. The molecule has 2 aromatic heterocycles. The van der Waals surface area contributed by atoms with Crippen LogP contribution in [0.3, 0.4) is 0 Å². The molecule has 46 heavy (non-hydrogen) atoms. The average Bonchev–Trinajstić information content (AvgIpc) is 3.77. The Hall–Kier alpha value is -4.23. The van der Waals surface area contributed by atoms with Crippen LogP contribution in [0.25, 0.3) is 0 Å². The van der Waals surface area contributed by atoms with Crippen molar-refractivity contribution in [3.63, 3.8) is 0 Å². The number of aliphatic imine (C=N–C) groups is 1. The van der Waals surface area contributed by atoms with Gasteiger partial charge in [-0.25, -0.2) is 0 Å². The zero-order valence-corrected chi connectivity index (χ0v) is 27.3. The van der Waals surface area contributed by atoms with E-state index < -0.39 is 0 Å². The second-order valence-electron chi connectivity index (χ2n) is 12.0. The van der Waals surface area contributed by atoms with Gasteiger partial charge in [0.15, 0.2) is 11.5 Å². The number of nitrogens with one attached hydrogen (secondary N) is 1. The van der Waals surface area contributed by atoms with Crippen LogP contribution in [0.1, 0.15) is 68.6 Å². The molecular formula is C33H41N7O5S. The molecule has 1 aromatic carbocycles. The Kier molecular flexibility index (Phi) is 9.41. The van der Waals surface area contributed by atoms with Crippen LogP contribution >= 0.6 is 11.8 Å². The van der Waals surface area contributed by atoms with Gasteiger partial charge in [-0.2, -0.15) is 11.8 Å². The predicted octanol–water partition coefficient (Wildman–Crippen LogP) is 3.99. The SMILES string of the molecule is COc1cc2c(cc1OCCC[C@H](N)c1cc(C(=O)Nc3cc(C(=O)N4CCSCC4)n(C)c3)n(C)c1)N=C[C@@H]1CCCN1C2=O. The molecule has 0 bridgehead atoms. The molecule has 3 aliphatic rings. The molecule has 0 unspecified atom stereocenters. The lowest BCUT2D eigenvalue weighted by molar-refractivity contribution is 0.0759. The number of ether oxygens (including phenoxy) is 2. The lowest BCUT2D eigenvalue weighted by Gasteiger charge is -2.26. The molecule has 0 saturated carbocycles. The number of fused-ring (bicyclic) bond motifs is 2. The third-order valence-corrected chi connectivity index (χ3v) is 9.78. The molecule has 0 radical (unpaired) electrons. The third-order valence-electron chi connectivity index (χ3n) is 8.84. The van der Waals surface area contributed by atoms with E-state index in [0.29, 0.717) is 59.3 Å². The monoisotopic (exact) mass is 647 g/mol. The Labute approximate surface area is 272 Å². The number of rotatable bonds is 10. The van der Waals surface area contributed by atoms with Gasteiger partial charge in [-0.15, -0.1) is 0 Å². The van der Waals surface area contributed by atoms with Crippen molar-refractivity contribution in [2.45, 2.75) is 37.8 Å². The molecule has 0 aliphatic carbocycles. The van der Waals surface area contributed by atoms with Crippen LogP contribution < -0.4 is 20.5 Å². The van der Waals surface area contributed by atoms with Gasteiger partial charge in [0.05, 0.1) is 36.7 Å². The maximum atomic E-state index is 13.2. The maximum Gasteiger partial charge on any atom is 0.272 e. The fourth-order valence-electron chi connectivity index (χ4n) is 6.26. The number of aromatic nitrogens is 2. The van der Waals surface area contributed by atoms with Crippen LogP contribution in [0, 0.1) is 0 Å². The average molecular weight is 648 g/mol. The number of hydrogen-bond acceptors (Lipinski definition) is 8. The normalized spacial score (nSPS) is 18.2. The van der Waals surface area contributed by atoms with Crippen LogP contribution in [0.2, 0.25) is 0 Å². The highest BCUT2D eigenvalue weighted by Gasteiger charge is 2.32. The second-order valence-corrected chi connectivity index (χ2v) is 13.2. The summed E-state index contributed by atoms with van der Waals surface area (Å²) in [6, 6.07) is 6.75. The number of hydrogen-bond donors (Lipinski definition) is 2. The van der Waals surface area contributed by atoms with Gasteiger partial charge in [-0.05, 0) is 49.4 Å². The molecule has 244 valence electrons. The number of carbonyl (C=O) groups is 3. The number of benzene rings is 1. The Bertz CT molecular complexity index is 1660. The van der Waals surface area contributed by atoms with E-state index in [1.165, 1.54) is 0 Å². The van der Waals surface area contributed by atoms with E-state index >= 15 is 0 Å². The van der Waals surface area contributed by atoms with Gasteiger partial charge in [0.2, 0.25) is 0 Å². The molecule has 3 N–H and O–H groups in total. The smallest absolute Gasteiger partial charge is 0.272 e. The first kappa shape index (κ1) is 31.7. The van der Waals surface area contributed by atoms with Crippen LogP contribution in [0.15, 0.2) is 41.7 Å². The summed E-state index contributed by atoms with van der Waals surface area (Å²) in [6.07, 6.45) is 8.67. The lowest BCUT2D eigenvalue weighted by atomic mass is 10.1. The van der Waals surface area contributed by atoms with E-state index in [4.69, 9.17) is 15.2 Å². The molecular weight excluding hydrogens is 606 g/mol. The Morgan fingerprint density at radius 3 is 2.63 bits per heavy atom. The van der Waals surface area contributed by atoms with Gasteiger partial charge < -0.3 is 39.5 Å². The van der Waals surface area contributed by atoms with Crippen molar-refractivity contribution in [2.24, 2.45) is 24.8 Å². The maximum absolute atomic E-state index is 13.2. The van der Waals surface area contributed by atoms with Crippen molar-refractivity contribution in [3.8, 4) is 11.5 Å². The highest BCUT2D eigenvalue weighted by Crippen LogP contribution is 2.38. The minimum atomic E-state index is -0.301. The Morgan fingerprint density at radius 2 is 1.85 bits per heavy atom. The van der Waals surface area contributed by atoms with E-state index in [1.54, 1.807) is 46.7 Å². The first-order valence-corrected chi connectivity index (χ1v) is 16.9. The molecule has 13 heteroatoms. The van der Waals surface area contributed by atoms with Crippen molar-refractivity contribution < 1.29 is 23.9 Å². The van der Waals surface area contributed by atoms with Crippen molar-refractivity contribution in [2.75, 3.05) is 50.2 Å². The first-order chi connectivity index (χ1) is 22.2. The standard InChI is InChI=1S/C33H41N7O5S/c1-37-19-21(14-27(37)31(41)36-22-15-28(38(2)20-22)33(43)39-9-12-46-13-10-39)25(34)7-5-11-45-30-17-26-24(16-29(30)44-3)32(42)40-8-4-6-23(40)18-35-26/h14-20,23,25H,4-13,34H2,1-3H3,(H,36,41)/t23-,25-/m0/s1. The summed E-state index contributed by atoms with van der Waals surface area (Å²) in [5.41, 5.74) is 10.1. The van der Waals surface area contributed by atoms with Crippen molar-refractivity contribution >= 4 is 47.1 Å². The molecule has 0 spiro atoms. The van der Waals surface area contributed by atoms with E-state index in [1.807, 2.05) is 48.1 Å². The quantitative estimate of drug-likeness (QED) is 0.318. The molecule has 6 rings (SSSR count). The number of anilines is 1. The number of nitrogens with zero attached hydrogens (tertiary/aromatic N) is 5. The van der Waals surface area contributed by atoms with Gasteiger partial charge in [0.1, 0.15) is 11.4 Å². The molecule has 2 saturated heterocycles. The van der Waals surface area contributed by atoms with Gasteiger partial charge in [-0.1, -0.05) is 0 Å². The summed E-state index contributed by atoms with van der Waals surface area (Å²) in [5, 5.41) is 2.93. The summed E-state index contributed by atoms with van der Waals surface area (Å²) in [6.45, 7) is 2.58. The van der Waals surface area contributed by atoms with Gasteiger partial charge in [0.25, 0.3) is 17.7 Å². The summed E-state index contributed by atoms with van der Waals surface area (Å²) in [7, 11) is 5.18. The number of amides is 3. The van der Waals surface area contributed by atoms with Crippen LogP contribution in [-0.2, 0) is 14.1 Å². The molecule has 3 aliphatic heterocycles. The zero-order valence-electron chi connectivity index (χ0n) is 26.5. The summed E-state index contributed by atoms with van der Waals surface area (Å²) < 4.78 is 15.1. The van der Waals surface area contributed by atoms with Crippen molar-refractivity contribution in [1.29, 1.82) is 0 Å². The minimum Gasteiger partial charge on any atom is -0.493 e. The number of methoxy groups -OCH3 is 1. The van der Waals surface area contributed by atoms with Gasteiger partial charge in [-0.3, -0.25) is 19.4 Å². The first-order valence-electron chi connectivity index (χ1n) is 15.7.